The minimum absolute atomic E-state index is 0.0325. The van der Waals surface area contributed by atoms with Crippen LogP contribution in [-0.2, 0) is 16.0 Å². The van der Waals surface area contributed by atoms with E-state index < -0.39 is 5.92 Å². The molecule has 1 rings (SSSR count). The van der Waals surface area contributed by atoms with Crippen molar-refractivity contribution in [1.82, 2.24) is 10.6 Å². The molecule has 0 heterocycles. The molecule has 1 atom stereocenters. The van der Waals surface area contributed by atoms with Crippen LogP contribution in [-0.4, -0.2) is 29.4 Å². The zero-order valence-corrected chi connectivity index (χ0v) is 13.1. The molecule has 1 aromatic carbocycles. The molecule has 1 aromatic rings. The lowest BCUT2D eigenvalue weighted by molar-refractivity contribution is -0.127. The highest BCUT2D eigenvalue weighted by Crippen LogP contribution is 2.09. The van der Waals surface area contributed by atoms with Crippen molar-refractivity contribution in [1.29, 1.82) is 0 Å². The molecule has 21 heavy (non-hydrogen) atoms. The SMILES string of the molecule is CC(C)NC(=O)CNC(=O)C(Cc1ccccc1)C(N)=S. The van der Waals surface area contributed by atoms with Crippen LogP contribution in [0.1, 0.15) is 19.4 Å². The van der Waals surface area contributed by atoms with Gasteiger partial charge >= 0.3 is 0 Å². The smallest absolute Gasteiger partial charge is 0.239 e. The lowest BCUT2D eigenvalue weighted by Crippen LogP contribution is -2.44. The van der Waals surface area contributed by atoms with Crippen LogP contribution < -0.4 is 16.4 Å². The topological polar surface area (TPSA) is 84.2 Å². The Balaban J connectivity index is 2.58. The van der Waals surface area contributed by atoms with Crippen LogP contribution in [0.2, 0.25) is 0 Å². The second-order valence-electron chi connectivity index (χ2n) is 5.08. The monoisotopic (exact) mass is 307 g/mol. The molecule has 6 heteroatoms. The Labute approximate surface area is 130 Å². The molecular weight excluding hydrogens is 286 g/mol. The van der Waals surface area contributed by atoms with E-state index in [-0.39, 0.29) is 29.4 Å². The summed E-state index contributed by atoms with van der Waals surface area (Å²) in [5, 5.41) is 5.27. The molecule has 5 nitrogen and oxygen atoms in total. The van der Waals surface area contributed by atoms with Crippen LogP contribution in [0.4, 0.5) is 0 Å². The van der Waals surface area contributed by atoms with Crippen molar-refractivity contribution >= 4 is 29.0 Å². The van der Waals surface area contributed by atoms with Gasteiger partial charge in [0.25, 0.3) is 0 Å². The van der Waals surface area contributed by atoms with Gasteiger partial charge in [-0.2, -0.15) is 0 Å². The van der Waals surface area contributed by atoms with E-state index in [4.69, 9.17) is 18.0 Å². The van der Waals surface area contributed by atoms with Gasteiger partial charge in [0, 0.05) is 6.04 Å². The third kappa shape index (κ3) is 6.35. The van der Waals surface area contributed by atoms with Crippen molar-refractivity contribution in [3.8, 4) is 0 Å². The Morgan fingerprint density at radius 3 is 2.38 bits per heavy atom. The summed E-state index contributed by atoms with van der Waals surface area (Å²) < 4.78 is 0. The molecule has 0 aliphatic rings. The Morgan fingerprint density at radius 2 is 1.86 bits per heavy atom. The van der Waals surface area contributed by atoms with Crippen molar-refractivity contribution in [2.45, 2.75) is 26.3 Å². The summed E-state index contributed by atoms with van der Waals surface area (Å²) in [6, 6.07) is 9.52. The van der Waals surface area contributed by atoms with E-state index in [1.807, 2.05) is 44.2 Å². The fourth-order valence-electron chi connectivity index (χ4n) is 1.84. The molecule has 4 N–H and O–H groups in total. The highest BCUT2D eigenvalue weighted by atomic mass is 32.1. The van der Waals surface area contributed by atoms with Crippen molar-refractivity contribution < 1.29 is 9.59 Å². The quantitative estimate of drug-likeness (QED) is 0.650. The van der Waals surface area contributed by atoms with E-state index in [1.165, 1.54) is 0 Å². The predicted octanol–water partition coefficient (Wildman–Crippen LogP) is 0.772. The minimum atomic E-state index is -0.616. The van der Waals surface area contributed by atoms with Crippen LogP contribution in [0.5, 0.6) is 0 Å². The summed E-state index contributed by atoms with van der Waals surface area (Å²) in [6.45, 7) is 3.63. The Bertz CT molecular complexity index is 503. The number of carbonyl (C=O) groups is 2. The van der Waals surface area contributed by atoms with Gasteiger partial charge in [0.1, 0.15) is 0 Å². The summed E-state index contributed by atoms with van der Waals surface area (Å²) >= 11 is 4.96. The lowest BCUT2D eigenvalue weighted by Gasteiger charge is -2.16. The first-order valence-corrected chi connectivity index (χ1v) is 7.21. The molecule has 0 aromatic heterocycles. The molecule has 0 saturated heterocycles. The molecule has 0 saturated carbocycles. The third-order valence-electron chi connectivity index (χ3n) is 2.82. The molecule has 0 aliphatic heterocycles. The summed E-state index contributed by atoms with van der Waals surface area (Å²) in [5.74, 6) is -1.18. The fourth-order valence-corrected chi connectivity index (χ4v) is 2.03. The largest absolute Gasteiger partial charge is 0.393 e. The molecular formula is C15H21N3O2S. The van der Waals surface area contributed by atoms with E-state index in [0.717, 1.165) is 5.56 Å². The highest BCUT2D eigenvalue weighted by molar-refractivity contribution is 7.80. The van der Waals surface area contributed by atoms with Gasteiger partial charge in [-0.3, -0.25) is 9.59 Å². The van der Waals surface area contributed by atoms with Gasteiger partial charge in [-0.1, -0.05) is 42.5 Å². The number of nitrogens with two attached hydrogens (primary N) is 1. The first kappa shape index (κ1) is 17.1. The van der Waals surface area contributed by atoms with E-state index in [1.54, 1.807) is 0 Å². The predicted molar refractivity (Wildman–Crippen MR) is 86.7 cm³/mol. The maximum atomic E-state index is 12.1. The number of thiocarbonyl (C=S) groups is 1. The highest BCUT2D eigenvalue weighted by Gasteiger charge is 2.22. The molecule has 0 fully saturated rings. The molecule has 1 unspecified atom stereocenters. The molecule has 0 aliphatic carbocycles. The Morgan fingerprint density at radius 1 is 1.24 bits per heavy atom. The summed E-state index contributed by atoms with van der Waals surface area (Å²) in [5.41, 5.74) is 6.61. The number of hydrogen-bond donors (Lipinski definition) is 3. The van der Waals surface area contributed by atoms with E-state index in [0.29, 0.717) is 6.42 Å². The van der Waals surface area contributed by atoms with Crippen molar-refractivity contribution in [3.63, 3.8) is 0 Å². The minimum Gasteiger partial charge on any atom is -0.393 e. The van der Waals surface area contributed by atoms with Gasteiger partial charge in [0.15, 0.2) is 0 Å². The average Bonchev–Trinajstić information content (AvgIpc) is 2.42. The first-order valence-electron chi connectivity index (χ1n) is 6.80. The van der Waals surface area contributed by atoms with E-state index in [9.17, 15) is 9.59 Å². The van der Waals surface area contributed by atoms with Crippen LogP contribution in [0.3, 0.4) is 0 Å². The van der Waals surface area contributed by atoms with Crippen molar-refractivity contribution in [2.24, 2.45) is 11.7 Å². The fraction of sp³-hybridized carbons (Fsp3) is 0.400. The number of benzene rings is 1. The van der Waals surface area contributed by atoms with Gasteiger partial charge in [-0.15, -0.1) is 0 Å². The zero-order valence-electron chi connectivity index (χ0n) is 12.3. The molecule has 2 amide bonds. The summed E-state index contributed by atoms with van der Waals surface area (Å²) in [6.07, 6.45) is 0.424. The lowest BCUT2D eigenvalue weighted by atomic mass is 9.98. The summed E-state index contributed by atoms with van der Waals surface area (Å²) in [4.78, 5) is 23.8. The van der Waals surface area contributed by atoms with E-state index >= 15 is 0 Å². The third-order valence-corrected chi connectivity index (χ3v) is 3.10. The number of carbonyl (C=O) groups excluding carboxylic acids is 2. The number of amides is 2. The van der Waals surface area contributed by atoms with Crippen LogP contribution in [0.15, 0.2) is 30.3 Å². The Hall–Kier alpha value is -1.95. The maximum Gasteiger partial charge on any atom is 0.239 e. The second-order valence-corrected chi connectivity index (χ2v) is 5.56. The van der Waals surface area contributed by atoms with Crippen LogP contribution >= 0.6 is 12.2 Å². The average molecular weight is 307 g/mol. The first-order chi connectivity index (χ1) is 9.90. The molecule has 114 valence electrons. The molecule has 0 radical (unpaired) electrons. The molecule has 0 bridgehead atoms. The van der Waals surface area contributed by atoms with Gasteiger partial charge in [-0.05, 0) is 25.8 Å². The summed E-state index contributed by atoms with van der Waals surface area (Å²) in [7, 11) is 0. The van der Waals surface area contributed by atoms with Crippen LogP contribution in [0, 0.1) is 5.92 Å². The van der Waals surface area contributed by atoms with Gasteiger partial charge in [0.05, 0.1) is 17.5 Å². The van der Waals surface area contributed by atoms with Crippen molar-refractivity contribution in [3.05, 3.63) is 35.9 Å². The maximum absolute atomic E-state index is 12.1. The molecule has 0 spiro atoms. The van der Waals surface area contributed by atoms with Gasteiger partial charge in [0.2, 0.25) is 11.8 Å². The normalized spacial score (nSPS) is 11.8. The number of rotatable bonds is 7. The Kier molecular flexibility index (Phi) is 6.81. The van der Waals surface area contributed by atoms with Crippen molar-refractivity contribution in [2.75, 3.05) is 6.54 Å². The number of nitrogens with one attached hydrogen (secondary N) is 2. The van der Waals surface area contributed by atoms with Gasteiger partial charge < -0.3 is 16.4 Å². The van der Waals surface area contributed by atoms with Gasteiger partial charge in [-0.25, -0.2) is 0 Å². The second kappa shape index (κ2) is 8.36. The standard InChI is InChI=1S/C15H21N3O2S/c1-10(2)18-13(19)9-17-15(20)12(14(16)21)8-11-6-4-3-5-7-11/h3-7,10,12H,8-9H2,1-2H3,(H2,16,21)(H,17,20)(H,18,19). The van der Waals surface area contributed by atoms with Crippen LogP contribution in [0.25, 0.3) is 0 Å². The zero-order chi connectivity index (χ0) is 15.8. The number of hydrogen-bond acceptors (Lipinski definition) is 3. The van der Waals surface area contributed by atoms with E-state index in [2.05, 4.69) is 10.6 Å².